The molecule has 23 heavy (non-hydrogen) atoms. The predicted molar refractivity (Wildman–Crippen MR) is 92.1 cm³/mol. The molecule has 0 aliphatic rings. The van der Waals surface area contributed by atoms with Crippen LogP contribution in [0, 0.1) is 6.92 Å². The molecule has 3 heteroatoms. The Morgan fingerprint density at radius 1 is 1.09 bits per heavy atom. The maximum absolute atomic E-state index is 11.7. The quantitative estimate of drug-likeness (QED) is 0.892. The fourth-order valence-corrected chi connectivity index (χ4v) is 2.56. The van der Waals surface area contributed by atoms with E-state index in [2.05, 4.69) is 20.8 Å². The average molecular weight is 312 g/mol. The summed E-state index contributed by atoms with van der Waals surface area (Å²) < 4.78 is 5.89. The number of rotatable bonds is 5. The molecule has 0 spiro atoms. The standard InChI is InChI=1S/C20H24O3/c1-14-9-5-6-10-15(14)13-18(19(21)22)23-17-12-8-7-11-16(17)20(2,3)4/h5-12,18H,13H2,1-4H3,(H,21,22)/t18-/m0/s1. The maximum Gasteiger partial charge on any atom is 0.345 e. The minimum Gasteiger partial charge on any atom is -0.478 e. The predicted octanol–water partition coefficient (Wildman–Crippen LogP) is 4.37. The molecule has 0 fully saturated rings. The summed E-state index contributed by atoms with van der Waals surface area (Å²) in [5, 5.41) is 9.56. The van der Waals surface area contributed by atoms with E-state index in [1.165, 1.54) is 0 Å². The molecular weight excluding hydrogens is 288 g/mol. The van der Waals surface area contributed by atoms with Crippen molar-refractivity contribution >= 4 is 5.97 Å². The SMILES string of the molecule is Cc1ccccc1C[C@H](Oc1ccccc1C(C)(C)C)C(=O)O. The molecule has 1 atom stereocenters. The van der Waals surface area contributed by atoms with Gasteiger partial charge in [-0.2, -0.15) is 0 Å². The van der Waals surface area contributed by atoms with Gasteiger partial charge in [0.25, 0.3) is 0 Å². The number of benzene rings is 2. The average Bonchev–Trinajstić information content (AvgIpc) is 2.48. The van der Waals surface area contributed by atoms with Crippen LogP contribution in [-0.4, -0.2) is 17.2 Å². The Labute approximate surface area is 137 Å². The van der Waals surface area contributed by atoms with E-state index in [-0.39, 0.29) is 5.41 Å². The zero-order valence-electron chi connectivity index (χ0n) is 14.2. The van der Waals surface area contributed by atoms with Gasteiger partial charge in [0.15, 0.2) is 6.10 Å². The second-order valence-electron chi connectivity index (χ2n) is 6.82. The molecule has 122 valence electrons. The molecule has 2 rings (SSSR count). The first kappa shape index (κ1) is 17.1. The number of carbonyl (C=O) groups is 1. The van der Waals surface area contributed by atoms with Crippen molar-refractivity contribution in [3.05, 3.63) is 65.2 Å². The van der Waals surface area contributed by atoms with Crippen molar-refractivity contribution in [2.75, 3.05) is 0 Å². The molecule has 0 saturated carbocycles. The van der Waals surface area contributed by atoms with Gasteiger partial charge in [-0.25, -0.2) is 4.79 Å². The van der Waals surface area contributed by atoms with E-state index in [1.54, 1.807) is 0 Å². The summed E-state index contributed by atoms with van der Waals surface area (Å²) in [6.45, 7) is 8.25. The molecule has 0 saturated heterocycles. The second-order valence-corrected chi connectivity index (χ2v) is 6.82. The minimum atomic E-state index is -0.947. The van der Waals surface area contributed by atoms with Gasteiger partial charge < -0.3 is 9.84 Å². The third-order valence-corrected chi connectivity index (χ3v) is 3.91. The summed E-state index contributed by atoms with van der Waals surface area (Å²) in [6.07, 6.45) is -0.555. The van der Waals surface area contributed by atoms with Crippen molar-refractivity contribution in [1.82, 2.24) is 0 Å². The zero-order chi connectivity index (χ0) is 17.0. The molecule has 0 heterocycles. The van der Waals surface area contributed by atoms with Gasteiger partial charge in [0, 0.05) is 6.42 Å². The molecule has 3 nitrogen and oxygen atoms in total. The van der Waals surface area contributed by atoms with Gasteiger partial charge in [-0.15, -0.1) is 0 Å². The van der Waals surface area contributed by atoms with Crippen molar-refractivity contribution in [2.45, 2.75) is 45.6 Å². The first-order valence-corrected chi connectivity index (χ1v) is 7.82. The van der Waals surface area contributed by atoms with Crippen LogP contribution >= 0.6 is 0 Å². The smallest absolute Gasteiger partial charge is 0.345 e. The first-order valence-electron chi connectivity index (χ1n) is 7.82. The molecule has 0 aliphatic carbocycles. The van der Waals surface area contributed by atoms with E-state index in [0.717, 1.165) is 16.7 Å². The molecule has 0 aromatic heterocycles. The van der Waals surface area contributed by atoms with E-state index in [4.69, 9.17) is 4.74 Å². The molecule has 0 unspecified atom stereocenters. The summed E-state index contributed by atoms with van der Waals surface area (Å²) >= 11 is 0. The summed E-state index contributed by atoms with van der Waals surface area (Å²) in [6, 6.07) is 15.5. The van der Waals surface area contributed by atoms with Gasteiger partial charge >= 0.3 is 5.97 Å². The van der Waals surface area contributed by atoms with Gasteiger partial charge in [0.05, 0.1) is 0 Å². The van der Waals surface area contributed by atoms with Crippen LogP contribution in [0.25, 0.3) is 0 Å². The number of para-hydroxylation sites is 1. The van der Waals surface area contributed by atoms with E-state index >= 15 is 0 Å². The van der Waals surface area contributed by atoms with E-state index in [0.29, 0.717) is 12.2 Å². The Kier molecular flexibility index (Phi) is 5.09. The lowest BCUT2D eigenvalue weighted by Gasteiger charge is -2.25. The van der Waals surface area contributed by atoms with E-state index in [9.17, 15) is 9.90 Å². The van der Waals surface area contributed by atoms with Crippen molar-refractivity contribution in [2.24, 2.45) is 0 Å². The van der Waals surface area contributed by atoms with Crippen LogP contribution in [0.15, 0.2) is 48.5 Å². The fraction of sp³-hybridized carbons (Fsp3) is 0.350. The Balaban J connectivity index is 2.28. The van der Waals surface area contributed by atoms with Crippen LogP contribution in [-0.2, 0) is 16.6 Å². The maximum atomic E-state index is 11.7. The monoisotopic (exact) mass is 312 g/mol. The van der Waals surface area contributed by atoms with Gasteiger partial charge in [0.1, 0.15) is 5.75 Å². The molecule has 2 aromatic carbocycles. The normalized spacial score (nSPS) is 12.7. The molecule has 0 bridgehead atoms. The van der Waals surface area contributed by atoms with Crippen LogP contribution in [0.1, 0.15) is 37.5 Å². The second kappa shape index (κ2) is 6.86. The molecule has 0 amide bonds. The topological polar surface area (TPSA) is 46.5 Å². The number of ether oxygens (including phenoxy) is 1. The number of hydrogen-bond donors (Lipinski definition) is 1. The zero-order valence-corrected chi connectivity index (χ0v) is 14.2. The summed E-state index contributed by atoms with van der Waals surface area (Å²) in [5.41, 5.74) is 2.97. The number of carboxylic acid groups (broad SMARTS) is 1. The molecule has 0 radical (unpaired) electrons. The van der Waals surface area contributed by atoms with Crippen LogP contribution in [0.5, 0.6) is 5.75 Å². The Hall–Kier alpha value is -2.29. The van der Waals surface area contributed by atoms with Gasteiger partial charge in [-0.3, -0.25) is 0 Å². The highest BCUT2D eigenvalue weighted by Crippen LogP contribution is 2.32. The van der Waals surface area contributed by atoms with Crippen molar-refractivity contribution < 1.29 is 14.6 Å². The van der Waals surface area contributed by atoms with Crippen LogP contribution in [0.4, 0.5) is 0 Å². The molecule has 1 N–H and O–H groups in total. The minimum absolute atomic E-state index is 0.109. The summed E-state index contributed by atoms with van der Waals surface area (Å²) in [7, 11) is 0. The Morgan fingerprint density at radius 3 is 2.30 bits per heavy atom. The third kappa shape index (κ3) is 4.35. The highest BCUT2D eigenvalue weighted by atomic mass is 16.5. The lowest BCUT2D eigenvalue weighted by Crippen LogP contribution is -2.30. The van der Waals surface area contributed by atoms with Gasteiger partial charge in [-0.05, 0) is 35.1 Å². The molecule has 2 aromatic rings. The largest absolute Gasteiger partial charge is 0.478 e. The van der Waals surface area contributed by atoms with Crippen molar-refractivity contribution in [3.63, 3.8) is 0 Å². The van der Waals surface area contributed by atoms with Crippen LogP contribution < -0.4 is 4.74 Å². The highest BCUT2D eigenvalue weighted by molar-refractivity contribution is 5.73. The van der Waals surface area contributed by atoms with Gasteiger partial charge in [-0.1, -0.05) is 63.2 Å². The lowest BCUT2D eigenvalue weighted by molar-refractivity contribution is -0.145. The third-order valence-electron chi connectivity index (χ3n) is 3.91. The van der Waals surface area contributed by atoms with Crippen LogP contribution in [0.3, 0.4) is 0 Å². The van der Waals surface area contributed by atoms with E-state index < -0.39 is 12.1 Å². The van der Waals surface area contributed by atoms with Crippen molar-refractivity contribution in [3.8, 4) is 5.75 Å². The van der Waals surface area contributed by atoms with Gasteiger partial charge in [0.2, 0.25) is 0 Å². The van der Waals surface area contributed by atoms with Crippen LogP contribution in [0.2, 0.25) is 0 Å². The number of aryl methyl sites for hydroxylation is 1. The van der Waals surface area contributed by atoms with E-state index in [1.807, 2.05) is 55.5 Å². The highest BCUT2D eigenvalue weighted by Gasteiger charge is 2.25. The number of hydrogen-bond acceptors (Lipinski definition) is 2. The Bertz CT molecular complexity index is 683. The number of carboxylic acids is 1. The Morgan fingerprint density at radius 2 is 1.70 bits per heavy atom. The molecular formula is C20H24O3. The molecule has 0 aliphatic heterocycles. The lowest BCUT2D eigenvalue weighted by atomic mass is 9.86. The number of aliphatic carboxylic acids is 1. The fourth-order valence-electron chi connectivity index (χ4n) is 2.56. The van der Waals surface area contributed by atoms with Crippen molar-refractivity contribution in [1.29, 1.82) is 0 Å². The first-order chi connectivity index (χ1) is 10.8. The summed E-state index contributed by atoms with van der Waals surface area (Å²) in [5.74, 6) is -0.307. The summed E-state index contributed by atoms with van der Waals surface area (Å²) in [4.78, 5) is 11.7.